The predicted octanol–water partition coefficient (Wildman–Crippen LogP) is 4.32. The van der Waals surface area contributed by atoms with Crippen LogP contribution in [0.15, 0.2) is 58.4 Å². The number of benzene rings is 1. The van der Waals surface area contributed by atoms with Crippen molar-refractivity contribution in [2.75, 3.05) is 5.75 Å². The molecule has 156 valence electrons. The van der Waals surface area contributed by atoms with Gasteiger partial charge in [0.15, 0.2) is 11.0 Å². The summed E-state index contributed by atoms with van der Waals surface area (Å²) < 4.78 is 7.55. The maximum Gasteiger partial charge on any atom is 0.230 e. The molecule has 1 aromatic carbocycles. The number of thioether (sulfide) groups is 1. The minimum atomic E-state index is -0.0117. The van der Waals surface area contributed by atoms with E-state index in [-0.39, 0.29) is 17.7 Å². The molecule has 1 amide bonds. The van der Waals surface area contributed by atoms with Crippen molar-refractivity contribution in [3.05, 3.63) is 54.6 Å². The fourth-order valence-corrected chi connectivity index (χ4v) is 3.89. The molecule has 0 radical (unpaired) electrons. The van der Waals surface area contributed by atoms with Crippen molar-refractivity contribution in [1.82, 2.24) is 25.1 Å². The van der Waals surface area contributed by atoms with Gasteiger partial charge in [0.05, 0.1) is 18.6 Å². The van der Waals surface area contributed by atoms with Crippen molar-refractivity contribution in [2.45, 2.75) is 38.5 Å². The van der Waals surface area contributed by atoms with Gasteiger partial charge in [0, 0.05) is 28.7 Å². The second kappa shape index (κ2) is 8.79. The number of hydrogen-bond donors (Lipinski definition) is 2. The first-order valence-corrected chi connectivity index (χ1v) is 11.0. The molecule has 0 aliphatic rings. The summed E-state index contributed by atoms with van der Waals surface area (Å²) in [6.45, 7) is 6.68. The van der Waals surface area contributed by atoms with E-state index < -0.39 is 0 Å². The summed E-state index contributed by atoms with van der Waals surface area (Å²) in [5, 5.41) is 13.6. The molecular weight excluding hydrogens is 398 g/mol. The van der Waals surface area contributed by atoms with E-state index in [1.165, 1.54) is 11.8 Å². The van der Waals surface area contributed by atoms with E-state index in [0.717, 1.165) is 28.1 Å². The standard InChI is InChI=1S/C22H25N5O2S/c1-14(2)15(3)24-20(28)13-30-22-26-25-21(27(22)12-16-7-6-10-29-16)18-11-23-19-9-5-4-8-17(18)19/h4-11,14-15,23H,12-13H2,1-3H3,(H,24,28)/t15-/m0/s1. The first-order chi connectivity index (χ1) is 14.5. The predicted molar refractivity (Wildman–Crippen MR) is 118 cm³/mol. The third kappa shape index (κ3) is 4.28. The number of H-pyrrole nitrogens is 1. The Kier molecular flexibility index (Phi) is 5.94. The highest BCUT2D eigenvalue weighted by molar-refractivity contribution is 7.99. The maximum absolute atomic E-state index is 12.4. The van der Waals surface area contributed by atoms with Gasteiger partial charge < -0.3 is 14.7 Å². The van der Waals surface area contributed by atoms with Gasteiger partial charge in [-0.25, -0.2) is 0 Å². The van der Waals surface area contributed by atoms with E-state index >= 15 is 0 Å². The lowest BCUT2D eigenvalue weighted by Gasteiger charge is -2.17. The Morgan fingerprint density at radius 1 is 1.20 bits per heavy atom. The van der Waals surface area contributed by atoms with Gasteiger partial charge in [-0.15, -0.1) is 10.2 Å². The van der Waals surface area contributed by atoms with Gasteiger partial charge in [-0.05, 0) is 31.0 Å². The number of fused-ring (bicyclic) bond motifs is 1. The van der Waals surface area contributed by atoms with Crippen molar-refractivity contribution in [3.8, 4) is 11.4 Å². The topological polar surface area (TPSA) is 88.7 Å². The number of nitrogens with one attached hydrogen (secondary N) is 2. The third-order valence-electron chi connectivity index (χ3n) is 5.16. The van der Waals surface area contributed by atoms with E-state index in [4.69, 9.17) is 4.42 Å². The number of amides is 1. The van der Waals surface area contributed by atoms with Crippen LogP contribution in [0.2, 0.25) is 0 Å². The Labute approximate surface area is 179 Å². The molecule has 0 bridgehead atoms. The SMILES string of the molecule is CC(C)[C@H](C)NC(=O)CSc1nnc(-c2c[nH]c3ccccc23)n1Cc1ccco1. The number of rotatable bonds is 8. The number of nitrogens with zero attached hydrogens (tertiary/aromatic N) is 3. The Morgan fingerprint density at radius 3 is 2.80 bits per heavy atom. The molecule has 0 aliphatic carbocycles. The molecule has 0 unspecified atom stereocenters. The number of hydrogen-bond acceptors (Lipinski definition) is 5. The quantitative estimate of drug-likeness (QED) is 0.412. The molecule has 7 nitrogen and oxygen atoms in total. The van der Waals surface area contributed by atoms with Crippen LogP contribution in [0.3, 0.4) is 0 Å². The third-order valence-corrected chi connectivity index (χ3v) is 6.13. The van der Waals surface area contributed by atoms with Crippen LogP contribution in [0.4, 0.5) is 0 Å². The first kappa shape index (κ1) is 20.3. The highest BCUT2D eigenvalue weighted by atomic mass is 32.2. The van der Waals surface area contributed by atoms with Gasteiger partial charge in [0.2, 0.25) is 5.91 Å². The Hall–Kier alpha value is -3.00. The molecule has 30 heavy (non-hydrogen) atoms. The monoisotopic (exact) mass is 423 g/mol. The molecule has 0 saturated heterocycles. The van der Waals surface area contributed by atoms with Crippen molar-refractivity contribution in [1.29, 1.82) is 0 Å². The molecular formula is C22H25N5O2S. The molecule has 4 rings (SSSR count). The molecule has 0 saturated carbocycles. The van der Waals surface area contributed by atoms with Gasteiger partial charge >= 0.3 is 0 Å². The van der Waals surface area contributed by atoms with Crippen molar-refractivity contribution in [2.24, 2.45) is 5.92 Å². The van der Waals surface area contributed by atoms with Crippen LogP contribution in [0.25, 0.3) is 22.3 Å². The molecule has 4 aromatic rings. The lowest BCUT2D eigenvalue weighted by molar-refractivity contribution is -0.119. The van der Waals surface area contributed by atoms with E-state index in [2.05, 4.69) is 40.4 Å². The van der Waals surface area contributed by atoms with E-state index in [0.29, 0.717) is 17.6 Å². The Bertz CT molecular complexity index is 1130. The van der Waals surface area contributed by atoms with Crippen molar-refractivity contribution < 1.29 is 9.21 Å². The average Bonchev–Trinajstić information content (AvgIpc) is 3.46. The fourth-order valence-electron chi connectivity index (χ4n) is 3.14. The van der Waals surface area contributed by atoms with E-state index in [1.807, 2.05) is 48.0 Å². The van der Waals surface area contributed by atoms with Crippen molar-refractivity contribution in [3.63, 3.8) is 0 Å². The molecule has 3 heterocycles. The van der Waals surface area contributed by atoms with Crippen LogP contribution in [0.5, 0.6) is 0 Å². The van der Waals surface area contributed by atoms with Gasteiger partial charge in [-0.1, -0.05) is 43.8 Å². The number of furan rings is 1. The lowest BCUT2D eigenvalue weighted by atomic mass is 10.1. The van der Waals surface area contributed by atoms with Crippen LogP contribution < -0.4 is 5.32 Å². The summed E-state index contributed by atoms with van der Waals surface area (Å²) in [5.41, 5.74) is 2.01. The number of carbonyl (C=O) groups excluding carboxylic acids is 1. The highest BCUT2D eigenvalue weighted by Gasteiger charge is 2.20. The minimum absolute atomic E-state index is 0.0117. The zero-order valence-electron chi connectivity index (χ0n) is 17.3. The molecule has 0 fully saturated rings. The van der Waals surface area contributed by atoms with Crippen LogP contribution >= 0.6 is 11.8 Å². The van der Waals surface area contributed by atoms with Gasteiger partial charge in [-0.2, -0.15) is 0 Å². The number of aromatic nitrogens is 4. The smallest absolute Gasteiger partial charge is 0.230 e. The Balaban J connectivity index is 1.62. The minimum Gasteiger partial charge on any atom is -0.467 e. The molecule has 2 N–H and O–H groups in total. The normalized spacial score (nSPS) is 12.5. The summed E-state index contributed by atoms with van der Waals surface area (Å²) in [5.74, 6) is 2.19. The summed E-state index contributed by atoms with van der Waals surface area (Å²) in [6, 6.07) is 12.0. The van der Waals surface area contributed by atoms with Crippen LogP contribution in [0, 0.1) is 5.92 Å². The molecule has 1 atom stereocenters. The number of aromatic amines is 1. The second-order valence-electron chi connectivity index (χ2n) is 7.61. The molecule has 0 spiro atoms. The van der Waals surface area contributed by atoms with Gasteiger partial charge in [0.1, 0.15) is 5.76 Å². The van der Waals surface area contributed by atoms with Crippen LogP contribution in [0.1, 0.15) is 26.5 Å². The second-order valence-corrected chi connectivity index (χ2v) is 8.55. The van der Waals surface area contributed by atoms with Gasteiger partial charge in [0.25, 0.3) is 0 Å². The zero-order chi connectivity index (χ0) is 21.1. The van der Waals surface area contributed by atoms with Crippen molar-refractivity contribution >= 4 is 28.6 Å². The Morgan fingerprint density at radius 2 is 2.03 bits per heavy atom. The summed E-state index contributed by atoms with van der Waals surface area (Å²) in [4.78, 5) is 15.6. The highest BCUT2D eigenvalue weighted by Crippen LogP contribution is 2.30. The zero-order valence-corrected chi connectivity index (χ0v) is 18.1. The molecule has 8 heteroatoms. The largest absolute Gasteiger partial charge is 0.467 e. The molecule has 0 aliphatic heterocycles. The number of carbonyl (C=O) groups is 1. The summed E-state index contributed by atoms with van der Waals surface area (Å²) in [6.07, 6.45) is 3.59. The van der Waals surface area contributed by atoms with Crippen LogP contribution in [-0.2, 0) is 11.3 Å². The first-order valence-electron chi connectivity index (χ1n) is 9.97. The summed E-state index contributed by atoms with van der Waals surface area (Å²) >= 11 is 1.38. The van der Waals surface area contributed by atoms with Gasteiger partial charge in [-0.3, -0.25) is 9.36 Å². The lowest BCUT2D eigenvalue weighted by Crippen LogP contribution is -2.37. The fraction of sp³-hybridized carbons (Fsp3) is 0.318. The van der Waals surface area contributed by atoms with E-state index in [1.54, 1.807) is 6.26 Å². The van der Waals surface area contributed by atoms with Crippen LogP contribution in [-0.4, -0.2) is 37.5 Å². The summed E-state index contributed by atoms with van der Waals surface area (Å²) in [7, 11) is 0. The number of para-hydroxylation sites is 1. The maximum atomic E-state index is 12.4. The average molecular weight is 424 g/mol. The molecule has 3 aromatic heterocycles. The van der Waals surface area contributed by atoms with E-state index in [9.17, 15) is 4.79 Å².